The molecule has 2 N–H and O–H groups in total. The number of aromatic amines is 1. The molecule has 7 nitrogen and oxygen atoms in total. The van der Waals surface area contributed by atoms with Crippen molar-refractivity contribution in [2.75, 3.05) is 21.3 Å². The van der Waals surface area contributed by atoms with Gasteiger partial charge in [0.05, 0.1) is 40.1 Å². The predicted octanol–water partition coefficient (Wildman–Crippen LogP) is 4.84. The van der Waals surface area contributed by atoms with Crippen LogP contribution in [0.4, 0.5) is 0 Å². The Morgan fingerprint density at radius 3 is 2.09 bits per heavy atom. The maximum absolute atomic E-state index is 12.8. The Labute approximate surface area is 198 Å². The summed E-state index contributed by atoms with van der Waals surface area (Å²) in [6, 6.07) is 21.6. The van der Waals surface area contributed by atoms with E-state index in [-0.39, 0.29) is 5.91 Å². The van der Waals surface area contributed by atoms with Crippen LogP contribution in [-0.4, -0.2) is 32.2 Å². The van der Waals surface area contributed by atoms with E-state index in [0.717, 1.165) is 22.1 Å². The molecule has 7 heteroatoms. The molecule has 0 bridgehead atoms. The summed E-state index contributed by atoms with van der Waals surface area (Å²) in [5.41, 5.74) is 4.27. The van der Waals surface area contributed by atoms with Gasteiger partial charge in [-0.2, -0.15) is 0 Å². The van der Waals surface area contributed by atoms with Crippen molar-refractivity contribution in [2.45, 2.75) is 19.8 Å². The Kier molecular flexibility index (Phi) is 7.34. The number of benzene rings is 3. The molecule has 0 spiro atoms. The quantitative estimate of drug-likeness (QED) is 0.354. The van der Waals surface area contributed by atoms with Gasteiger partial charge in [0.1, 0.15) is 11.4 Å². The second-order valence-corrected chi connectivity index (χ2v) is 7.76. The van der Waals surface area contributed by atoms with Crippen molar-refractivity contribution >= 4 is 16.8 Å². The van der Waals surface area contributed by atoms with Crippen LogP contribution in [0.5, 0.6) is 17.2 Å². The number of fused-ring (bicyclic) bond motifs is 1. The minimum absolute atomic E-state index is 0.227. The Morgan fingerprint density at radius 2 is 1.44 bits per heavy atom. The van der Waals surface area contributed by atoms with Crippen LogP contribution < -0.4 is 19.5 Å². The lowest BCUT2D eigenvalue weighted by molar-refractivity contribution is 0.0946. The minimum Gasteiger partial charge on any atom is -0.496 e. The molecule has 0 unspecified atom stereocenters. The monoisotopic (exact) mass is 460 g/mol. The van der Waals surface area contributed by atoms with Gasteiger partial charge in [-0.1, -0.05) is 54.6 Å². The van der Waals surface area contributed by atoms with Gasteiger partial charge in [0.25, 0.3) is 5.91 Å². The zero-order chi connectivity index (χ0) is 23.9. The van der Waals surface area contributed by atoms with Crippen molar-refractivity contribution in [1.82, 2.24) is 10.3 Å². The van der Waals surface area contributed by atoms with E-state index in [9.17, 15) is 4.79 Å². The highest BCUT2D eigenvalue weighted by atomic mass is 16.5. The van der Waals surface area contributed by atoms with Crippen LogP contribution in [0.1, 0.15) is 27.2 Å². The lowest BCUT2D eigenvalue weighted by Gasteiger charge is -2.11. The lowest BCUT2D eigenvalue weighted by Crippen LogP contribution is -2.23. The number of hydrogen-bond donors (Lipinski definition) is 2. The summed E-state index contributed by atoms with van der Waals surface area (Å²) in [5, 5.41) is 3.69. The fraction of sp³-hybridized carbons (Fsp3) is 0.222. The zero-order valence-electron chi connectivity index (χ0n) is 19.5. The highest BCUT2D eigenvalue weighted by molar-refractivity contribution is 6.02. The molecule has 3 aromatic carbocycles. The normalized spacial score (nSPS) is 10.8. The Morgan fingerprint density at radius 1 is 0.794 bits per heavy atom. The number of H-pyrrole nitrogens is 1. The van der Waals surface area contributed by atoms with Gasteiger partial charge in [0.2, 0.25) is 0 Å². The molecular weight excluding hydrogens is 432 g/mol. The molecule has 34 heavy (non-hydrogen) atoms. The third kappa shape index (κ3) is 5.15. The second kappa shape index (κ2) is 10.8. The van der Waals surface area contributed by atoms with Crippen molar-refractivity contribution < 1.29 is 23.7 Å². The van der Waals surface area contributed by atoms with Gasteiger partial charge in [-0.05, 0) is 22.8 Å². The van der Waals surface area contributed by atoms with Crippen LogP contribution in [0.25, 0.3) is 10.9 Å². The molecular formula is C27H28N2O5. The molecule has 1 amide bonds. The molecule has 0 fully saturated rings. The van der Waals surface area contributed by atoms with E-state index in [4.69, 9.17) is 18.9 Å². The number of aromatic nitrogens is 1. The molecule has 0 aliphatic rings. The summed E-state index contributed by atoms with van der Waals surface area (Å²) in [6.45, 7) is 1.51. The van der Waals surface area contributed by atoms with E-state index in [1.54, 1.807) is 33.5 Å². The van der Waals surface area contributed by atoms with Gasteiger partial charge in [-0.15, -0.1) is 0 Å². The Balaban J connectivity index is 1.37. The van der Waals surface area contributed by atoms with Crippen molar-refractivity contribution in [3.05, 3.63) is 89.1 Å². The zero-order valence-corrected chi connectivity index (χ0v) is 19.5. The summed E-state index contributed by atoms with van der Waals surface area (Å²) >= 11 is 0. The SMILES string of the molecule is COc1cc(OC)c2cc(C(=O)NCc3ccc(COCc4ccccc4)cc3)[nH]c2c1OC. The number of carbonyl (C=O) groups is 1. The number of rotatable bonds is 10. The number of ether oxygens (including phenoxy) is 4. The molecule has 0 aliphatic heterocycles. The molecule has 0 atom stereocenters. The second-order valence-electron chi connectivity index (χ2n) is 7.76. The first-order valence-corrected chi connectivity index (χ1v) is 10.9. The molecule has 0 saturated heterocycles. The fourth-order valence-electron chi connectivity index (χ4n) is 3.75. The third-order valence-electron chi connectivity index (χ3n) is 5.54. The lowest BCUT2D eigenvalue weighted by atomic mass is 10.1. The summed E-state index contributed by atoms with van der Waals surface area (Å²) in [5.74, 6) is 1.40. The van der Waals surface area contributed by atoms with Crippen LogP contribution in [0.2, 0.25) is 0 Å². The Bertz CT molecular complexity index is 1250. The average Bonchev–Trinajstić information content (AvgIpc) is 3.33. The first-order valence-electron chi connectivity index (χ1n) is 10.9. The van der Waals surface area contributed by atoms with E-state index in [2.05, 4.69) is 10.3 Å². The van der Waals surface area contributed by atoms with Crippen LogP contribution in [-0.2, 0) is 24.5 Å². The summed E-state index contributed by atoms with van der Waals surface area (Å²) in [7, 11) is 4.69. The number of amides is 1. The van der Waals surface area contributed by atoms with E-state index in [1.165, 1.54) is 0 Å². The smallest absolute Gasteiger partial charge is 0.268 e. The summed E-state index contributed by atoms with van der Waals surface area (Å²) in [6.07, 6.45) is 0. The van der Waals surface area contributed by atoms with E-state index in [1.807, 2.05) is 54.6 Å². The number of hydrogen-bond acceptors (Lipinski definition) is 5. The molecule has 1 aromatic heterocycles. The van der Waals surface area contributed by atoms with Crippen molar-refractivity contribution in [3.8, 4) is 17.2 Å². The van der Waals surface area contributed by atoms with Crippen LogP contribution in [0.15, 0.2) is 66.7 Å². The maximum atomic E-state index is 12.8. The predicted molar refractivity (Wildman–Crippen MR) is 131 cm³/mol. The number of carbonyl (C=O) groups excluding carboxylic acids is 1. The molecule has 0 aliphatic carbocycles. The largest absolute Gasteiger partial charge is 0.496 e. The molecule has 176 valence electrons. The molecule has 4 rings (SSSR count). The number of methoxy groups -OCH3 is 3. The molecule has 0 radical (unpaired) electrons. The van der Waals surface area contributed by atoms with Gasteiger partial charge in [-0.25, -0.2) is 0 Å². The molecule has 1 heterocycles. The maximum Gasteiger partial charge on any atom is 0.268 e. The van der Waals surface area contributed by atoms with Crippen molar-refractivity contribution in [3.63, 3.8) is 0 Å². The van der Waals surface area contributed by atoms with Crippen LogP contribution in [0.3, 0.4) is 0 Å². The molecule has 0 saturated carbocycles. The van der Waals surface area contributed by atoms with Gasteiger partial charge < -0.3 is 29.2 Å². The minimum atomic E-state index is -0.227. The first kappa shape index (κ1) is 23.2. The summed E-state index contributed by atoms with van der Waals surface area (Å²) < 4.78 is 22.1. The number of nitrogens with one attached hydrogen (secondary N) is 2. The van der Waals surface area contributed by atoms with Crippen LogP contribution in [0, 0.1) is 0 Å². The van der Waals surface area contributed by atoms with E-state index in [0.29, 0.717) is 48.2 Å². The van der Waals surface area contributed by atoms with Crippen LogP contribution >= 0.6 is 0 Å². The third-order valence-corrected chi connectivity index (χ3v) is 5.54. The van der Waals surface area contributed by atoms with Crippen molar-refractivity contribution in [1.29, 1.82) is 0 Å². The highest BCUT2D eigenvalue weighted by Gasteiger charge is 2.19. The standard InChI is InChI=1S/C27H28N2O5/c1-31-23-14-24(32-2)26(33-3)25-21(23)13-22(29-25)27(30)28-15-18-9-11-20(12-10-18)17-34-16-19-7-5-4-6-8-19/h4-14,29H,15-17H2,1-3H3,(H,28,30). The Hall–Kier alpha value is -3.97. The van der Waals surface area contributed by atoms with Gasteiger partial charge in [0, 0.05) is 18.0 Å². The fourth-order valence-corrected chi connectivity index (χ4v) is 3.75. The summed E-state index contributed by atoms with van der Waals surface area (Å²) in [4.78, 5) is 15.9. The molecule has 4 aromatic rings. The van der Waals surface area contributed by atoms with Gasteiger partial charge in [-0.3, -0.25) is 4.79 Å². The van der Waals surface area contributed by atoms with Gasteiger partial charge in [0.15, 0.2) is 11.5 Å². The van der Waals surface area contributed by atoms with E-state index < -0.39 is 0 Å². The average molecular weight is 461 g/mol. The first-order chi connectivity index (χ1) is 16.6. The topological polar surface area (TPSA) is 81.8 Å². The van der Waals surface area contributed by atoms with E-state index >= 15 is 0 Å². The highest BCUT2D eigenvalue weighted by Crippen LogP contribution is 2.41. The van der Waals surface area contributed by atoms with Crippen molar-refractivity contribution in [2.24, 2.45) is 0 Å². The van der Waals surface area contributed by atoms with Gasteiger partial charge >= 0.3 is 0 Å².